The number of nitrogens with zero attached hydrogens (tertiary/aromatic N) is 1. The minimum atomic E-state index is -1.20. The highest BCUT2D eigenvalue weighted by Crippen LogP contribution is 2.27. The zero-order valence-electron chi connectivity index (χ0n) is 17.8. The lowest BCUT2D eigenvalue weighted by atomic mass is 9.92. The molecular weight excluding hydrogens is 412 g/mol. The second kappa shape index (κ2) is 8.18. The van der Waals surface area contributed by atoms with Crippen LogP contribution >= 0.6 is 0 Å². The third-order valence-electron chi connectivity index (χ3n) is 5.40. The fraction of sp³-hybridized carbons (Fsp3) is 0.217. The molecule has 2 heterocycles. The zero-order valence-corrected chi connectivity index (χ0v) is 17.8. The predicted molar refractivity (Wildman–Crippen MR) is 115 cm³/mol. The number of nitrogens with one attached hydrogen (secondary N) is 3. The minimum absolute atomic E-state index is 0.278. The first kappa shape index (κ1) is 21.1. The fourth-order valence-electron chi connectivity index (χ4n) is 3.45. The molecule has 1 aromatic heterocycles. The standard InChI is InChI=1S/C23H22N4O5/c1-13-19(14(2)32-27-13)12-31-18-9-4-6-15(10-18)20(28)24-17-8-5-7-16(11-17)23(3)21(29)25-22(30)26-23/h4-11H,12H2,1-3H3,(H,24,28)(H2,25,26,29,30). The predicted octanol–water partition coefficient (Wildman–Crippen LogP) is 3.18. The highest BCUT2D eigenvalue weighted by Gasteiger charge is 2.43. The molecule has 4 amide bonds. The number of urea groups is 1. The second-order valence-corrected chi connectivity index (χ2v) is 7.69. The number of carbonyl (C=O) groups excluding carboxylic acids is 3. The first-order valence-corrected chi connectivity index (χ1v) is 9.96. The van der Waals surface area contributed by atoms with E-state index in [1.54, 1.807) is 55.5 Å². The molecule has 3 N–H and O–H groups in total. The molecule has 1 saturated heterocycles. The Labute approximate surface area is 184 Å². The third kappa shape index (κ3) is 4.04. The van der Waals surface area contributed by atoms with Gasteiger partial charge in [-0.1, -0.05) is 23.4 Å². The van der Waals surface area contributed by atoms with Crippen LogP contribution < -0.4 is 20.7 Å². The van der Waals surface area contributed by atoms with E-state index < -0.39 is 17.5 Å². The van der Waals surface area contributed by atoms with E-state index in [2.05, 4.69) is 21.1 Å². The van der Waals surface area contributed by atoms with Gasteiger partial charge in [0.05, 0.1) is 11.3 Å². The number of benzene rings is 2. The van der Waals surface area contributed by atoms with E-state index in [1.165, 1.54) is 0 Å². The molecule has 0 aliphatic carbocycles. The molecule has 9 heteroatoms. The third-order valence-corrected chi connectivity index (χ3v) is 5.40. The van der Waals surface area contributed by atoms with Gasteiger partial charge in [-0.25, -0.2) is 4.79 Å². The van der Waals surface area contributed by atoms with E-state index in [4.69, 9.17) is 9.26 Å². The van der Waals surface area contributed by atoms with Gasteiger partial charge in [-0.05, 0) is 56.7 Å². The summed E-state index contributed by atoms with van der Waals surface area (Å²) in [5.41, 5.74) is 1.87. The Morgan fingerprint density at radius 1 is 1.16 bits per heavy atom. The van der Waals surface area contributed by atoms with Crippen molar-refractivity contribution in [2.45, 2.75) is 32.9 Å². The molecule has 0 radical (unpaired) electrons. The molecule has 0 spiro atoms. The molecule has 32 heavy (non-hydrogen) atoms. The summed E-state index contributed by atoms with van der Waals surface area (Å²) in [6, 6.07) is 13.0. The van der Waals surface area contributed by atoms with E-state index in [0.717, 1.165) is 11.3 Å². The number of carbonyl (C=O) groups is 3. The number of aryl methyl sites for hydroxylation is 2. The normalized spacial score (nSPS) is 17.6. The number of anilines is 1. The minimum Gasteiger partial charge on any atom is -0.489 e. The van der Waals surface area contributed by atoms with Crippen LogP contribution in [0.15, 0.2) is 53.1 Å². The Bertz CT molecular complexity index is 1200. The molecule has 1 fully saturated rings. The SMILES string of the molecule is Cc1noc(C)c1COc1cccc(C(=O)Nc2cccc(C3(C)NC(=O)NC3=O)c2)c1. The fourth-order valence-corrected chi connectivity index (χ4v) is 3.45. The van der Waals surface area contributed by atoms with Crippen LogP contribution in [0, 0.1) is 13.8 Å². The zero-order chi connectivity index (χ0) is 22.9. The van der Waals surface area contributed by atoms with Crippen LogP contribution in [0.4, 0.5) is 10.5 Å². The lowest BCUT2D eigenvalue weighted by Gasteiger charge is -2.21. The molecule has 2 aromatic carbocycles. The van der Waals surface area contributed by atoms with Crippen molar-refractivity contribution in [2.24, 2.45) is 0 Å². The first-order chi connectivity index (χ1) is 15.3. The van der Waals surface area contributed by atoms with Crippen LogP contribution in [0.5, 0.6) is 5.75 Å². The summed E-state index contributed by atoms with van der Waals surface area (Å²) in [7, 11) is 0. The van der Waals surface area contributed by atoms with Crippen LogP contribution in [0.2, 0.25) is 0 Å². The summed E-state index contributed by atoms with van der Waals surface area (Å²) in [5, 5.41) is 11.6. The van der Waals surface area contributed by atoms with Gasteiger partial charge >= 0.3 is 6.03 Å². The van der Waals surface area contributed by atoms with Crippen molar-refractivity contribution in [2.75, 3.05) is 5.32 Å². The number of rotatable bonds is 6. The first-order valence-electron chi connectivity index (χ1n) is 9.96. The van der Waals surface area contributed by atoms with Gasteiger partial charge in [-0.15, -0.1) is 0 Å². The molecule has 4 rings (SSSR count). The smallest absolute Gasteiger partial charge is 0.322 e. The van der Waals surface area contributed by atoms with Crippen molar-refractivity contribution in [3.8, 4) is 5.75 Å². The molecule has 1 aliphatic rings. The van der Waals surface area contributed by atoms with E-state index >= 15 is 0 Å². The summed E-state index contributed by atoms with van der Waals surface area (Å²) in [5.74, 6) is 0.436. The van der Waals surface area contributed by atoms with Crippen molar-refractivity contribution in [1.29, 1.82) is 0 Å². The summed E-state index contributed by atoms with van der Waals surface area (Å²) >= 11 is 0. The van der Waals surface area contributed by atoms with Gasteiger partial charge in [0.2, 0.25) is 0 Å². The van der Waals surface area contributed by atoms with E-state index in [0.29, 0.717) is 28.3 Å². The average Bonchev–Trinajstić information content (AvgIpc) is 3.23. The van der Waals surface area contributed by atoms with Gasteiger partial charge in [0.1, 0.15) is 23.7 Å². The lowest BCUT2D eigenvalue weighted by molar-refractivity contribution is -0.123. The number of amides is 4. The number of hydrogen-bond acceptors (Lipinski definition) is 6. The van der Waals surface area contributed by atoms with Crippen LogP contribution in [-0.2, 0) is 16.9 Å². The number of imide groups is 1. The van der Waals surface area contributed by atoms with Crippen LogP contribution in [0.3, 0.4) is 0 Å². The average molecular weight is 434 g/mol. The molecular formula is C23H22N4O5. The highest BCUT2D eigenvalue weighted by atomic mass is 16.5. The van der Waals surface area contributed by atoms with Gasteiger partial charge in [-0.3, -0.25) is 14.9 Å². The van der Waals surface area contributed by atoms with Gasteiger partial charge in [0.15, 0.2) is 0 Å². The molecule has 0 bridgehead atoms. The maximum absolute atomic E-state index is 12.8. The number of ether oxygens (including phenoxy) is 1. The van der Waals surface area contributed by atoms with Gasteiger partial charge in [0, 0.05) is 11.3 Å². The molecule has 1 atom stereocenters. The van der Waals surface area contributed by atoms with Gasteiger partial charge in [-0.2, -0.15) is 0 Å². The van der Waals surface area contributed by atoms with Crippen LogP contribution in [0.25, 0.3) is 0 Å². The molecule has 1 unspecified atom stereocenters. The Morgan fingerprint density at radius 3 is 2.62 bits per heavy atom. The largest absolute Gasteiger partial charge is 0.489 e. The molecule has 0 saturated carbocycles. The van der Waals surface area contributed by atoms with E-state index in [-0.39, 0.29) is 12.5 Å². The molecule has 1 aliphatic heterocycles. The topological polar surface area (TPSA) is 123 Å². The Kier molecular flexibility index (Phi) is 5.40. The Balaban J connectivity index is 1.47. The lowest BCUT2D eigenvalue weighted by Crippen LogP contribution is -2.40. The summed E-state index contributed by atoms with van der Waals surface area (Å²) in [6.45, 7) is 5.54. The van der Waals surface area contributed by atoms with Crippen LogP contribution in [-0.4, -0.2) is 23.0 Å². The second-order valence-electron chi connectivity index (χ2n) is 7.69. The maximum Gasteiger partial charge on any atom is 0.322 e. The molecule has 3 aromatic rings. The van der Waals surface area contributed by atoms with Crippen molar-refractivity contribution in [3.63, 3.8) is 0 Å². The Hall–Kier alpha value is -4.14. The van der Waals surface area contributed by atoms with Crippen molar-refractivity contribution < 1.29 is 23.6 Å². The summed E-state index contributed by atoms with van der Waals surface area (Å²) in [6.07, 6.45) is 0. The van der Waals surface area contributed by atoms with Gasteiger partial charge in [0.25, 0.3) is 11.8 Å². The highest BCUT2D eigenvalue weighted by molar-refractivity contribution is 6.07. The maximum atomic E-state index is 12.8. The molecule has 9 nitrogen and oxygen atoms in total. The van der Waals surface area contributed by atoms with Crippen molar-refractivity contribution in [3.05, 3.63) is 76.7 Å². The number of aromatic nitrogens is 1. The molecule has 164 valence electrons. The summed E-state index contributed by atoms with van der Waals surface area (Å²) < 4.78 is 10.9. The van der Waals surface area contributed by atoms with Crippen LogP contribution in [0.1, 0.15) is 39.9 Å². The number of hydrogen-bond donors (Lipinski definition) is 3. The quantitative estimate of drug-likeness (QED) is 0.512. The summed E-state index contributed by atoms with van der Waals surface area (Å²) in [4.78, 5) is 36.5. The Morgan fingerprint density at radius 2 is 1.94 bits per heavy atom. The van der Waals surface area contributed by atoms with E-state index in [9.17, 15) is 14.4 Å². The van der Waals surface area contributed by atoms with Gasteiger partial charge < -0.3 is 19.9 Å². The monoisotopic (exact) mass is 434 g/mol. The van der Waals surface area contributed by atoms with Crippen molar-refractivity contribution in [1.82, 2.24) is 15.8 Å². The van der Waals surface area contributed by atoms with Crippen molar-refractivity contribution >= 4 is 23.5 Å². The van der Waals surface area contributed by atoms with E-state index in [1.807, 2.05) is 13.8 Å².